The van der Waals surface area contributed by atoms with Crippen LogP contribution >= 0.6 is 11.3 Å². The van der Waals surface area contributed by atoms with Crippen LogP contribution in [0.1, 0.15) is 12.7 Å². The standard InChI is InChI=1S/C16H19N7S/c1-13-11-21(8-9-22(13)16-17-7-10-24-16)12-15-18-19-20-23(15)14-5-3-2-4-6-14/h2-7,10,13H,8-9,11-12H2,1H3. The van der Waals surface area contributed by atoms with Gasteiger partial charge in [-0.1, -0.05) is 18.2 Å². The molecule has 0 spiro atoms. The van der Waals surface area contributed by atoms with E-state index in [0.717, 1.165) is 42.8 Å². The molecule has 1 aromatic carbocycles. The number of thiazole rings is 1. The van der Waals surface area contributed by atoms with Gasteiger partial charge in [-0.15, -0.1) is 16.4 Å². The van der Waals surface area contributed by atoms with Crippen molar-refractivity contribution in [2.45, 2.75) is 19.5 Å². The Morgan fingerprint density at radius 3 is 2.83 bits per heavy atom. The van der Waals surface area contributed by atoms with E-state index in [2.05, 4.69) is 37.2 Å². The van der Waals surface area contributed by atoms with E-state index in [9.17, 15) is 0 Å². The van der Waals surface area contributed by atoms with Crippen molar-refractivity contribution in [3.8, 4) is 5.69 Å². The van der Waals surface area contributed by atoms with Gasteiger partial charge in [0, 0.05) is 37.3 Å². The van der Waals surface area contributed by atoms with Crippen LogP contribution in [0.25, 0.3) is 5.69 Å². The van der Waals surface area contributed by atoms with Crippen LogP contribution in [0.2, 0.25) is 0 Å². The van der Waals surface area contributed by atoms with Crippen molar-refractivity contribution < 1.29 is 0 Å². The first-order valence-corrected chi connectivity index (χ1v) is 8.90. The molecule has 0 radical (unpaired) electrons. The lowest BCUT2D eigenvalue weighted by molar-refractivity contribution is 0.214. The third kappa shape index (κ3) is 3.02. The number of hydrogen-bond donors (Lipinski definition) is 0. The van der Waals surface area contributed by atoms with Gasteiger partial charge in [0.15, 0.2) is 11.0 Å². The second-order valence-electron chi connectivity index (χ2n) is 5.93. The summed E-state index contributed by atoms with van der Waals surface area (Å²) >= 11 is 1.70. The SMILES string of the molecule is CC1CN(Cc2nnnn2-c2ccccc2)CCN1c1nccs1. The maximum Gasteiger partial charge on any atom is 0.185 e. The minimum Gasteiger partial charge on any atom is -0.343 e. The van der Waals surface area contributed by atoms with Crippen LogP contribution in [-0.4, -0.2) is 55.8 Å². The first-order valence-electron chi connectivity index (χ1n) is 8.02. The lowest BCUT2D eigenvalue weighted by atomic mass is 10.2. The third-order valence-corrected chi connectivity index (χ3v) is 5.09. The van der Waals surface area contributed by atoms with Gasteiger partial charge in [0.1, 0.15) is 0 Å². The van der Waals surface area contributed by atoms with Crippen LogP contribution in [0, 0.1) is 0 Å². The highest BCUT2D eigenvalue weighted by Gasteiger charge is 2.26. The summed E-state index contributed by atoms with van der Waals surface area (Å²) in [6.07, 6.45) is 1.87. The van der Waals surface area contributed by atoms with E-state index >= 15 is 0 Å². The number of benzene rings is 1. The summed E-state index contributed by atoms with van der Waals surface area (Å²) in [4.78, 5) is 9.21. The van der Waals surface area contributed by atoms with Crippen molar-refractivity contribution in [2.24, 2.45) is 0 Å². The van der Waals surface area contributed by atoms with E-state index in [1.54, 1.807) is 11.3 Å². The molecule has 24 heavy (non-hydrogen) atoms. The fourth-order valence-corrected chi connectivity index (χ4v) is 3.86. The van der Waals surface area contributed by atoms with Gasteiger partial charge in [-0.25, -0.2) is 4.98 Å². The summed E-state index contributed by atoms with van der Waals surface area (Å²) in [5.74, 6) is 0.871. The molecule has 8 heteroatoms. The van der Waals surface area contributed by atoms with Gasteiger partial charge in [0.05, 0.1) is 12.2 Å². The van der Waals surface area contributed by atoms with Crippen LogP contribution < -0.4 is 4.90 Å². The number of nitrogens with zero attached hydrogens (tertiary/aromatic N) is 7. The number of para-hydroxylation sites is 1. The quantitative estimate of drug-likeness (QED) is 0.721. The average molecular weight is 341 g/mol. The van der Waals surface area contributed by atoms with Crippen molar-refractivity contribution in [1.29, 1.82) is 0 Å². The number of piperazine rings is 1. The van der Waals surface area contributed by atoms with Gasteiger partial charge in [-0.05, 0) is 29.5 Å². The third-order valence-electron chi connectivity index (χ3n) is 4.28. The Balaban J connectivity index is 1.45. The minimum absolute atomic E-state index is 0.422. The summed E-state index contributed by atoms with van der Waals surface area (Å²) in [5, 5.41) is 15.3. The maximum absolute atomic E-state index is 4.43. The largest absolute Gasteiger partial charge is 0.343 e. The molecule has 0 N–H and O–H groups in total. The van der Waals surface area contributed by atoms with Crippen molar-refractivity contribution in [2.75, 3.05) is 24.5 Å². The molecular weight excluding hydrogens is 322 g/mol. The van der Waals surface area contributed by atoms with Crippen molar-refractivity contribution in [3.05, 3.63) is 47.7 Å². The molecule has 7 nitrogen and oxygen atoms in total. The molecule has 0 aliphatic carbocycles. The van der Waals surface area contributed by atoms with Crippen LogP contribution in [0.5, 0.6) is 0 Å². The molecule has 2 aromatic heterocycles. The summed E-state index contributed by atoms with van der Waals surface area (Å²) in [5.41, 5.74) is 0.993. The fraction of sp³-hybridized carbons (Fsp3) is 0.375. The average Bonchev–Trinajstić information content (AvgIpc) is 3.28. The smallest absolute Gasteiger partial charge is 0.185 e. The molecule has 0 saturated carbocycles. The van der Waals surface area contributed by atoms with E-state index < -0.39 is 0 Å². The maximum atomic E-state index is 4.43. The Morgan fingerprint density at radius 2 is 2.08 bits per heavy atom. The summed E-state index contributed by atoms with van der Waals surface area (Å²) < 4.78 is 1.82. The first-order chi connectivity index (χ1) is 11.8. The molecule has 1 saturated heterocycles. The molecular formula is C16H19N7S. The summed E-state index contributed by atoms with van der Waals surface area (Å²) in [7, 11) is 0. The number of aromatic nitrogens is 5. The zero-order chi connectivity index (χ0) is 16.4. The Bertz CT molecular complexity index is 771. The number of rotatable bonds is 4. The topological polar surface area (TPSA) is 63.0 Å². The molecule has 3 heterocycles. The van der Waals surface area contributed by atoms with E-state index in [-0.39, 0.29) is 0 Å². The Morgan fingerprint density at radius 1 is 1.21 bits per heavy atom. The van der Waals surface area contributed by atoms with Crippen LogP contribution in [0.4, 0.5) is 5.13 Å². The first kappa shape index (κ1) is 15.2. The zero-order valence-electron chi connectivity index (χ0n) is 13.5. The Kier molecular flexibility index (Phi) is 4.22. The van der Waals surface area contributed by atoms with Crippen LogP contribution in [0.15, 0.2) is 41.9 Å². The van der Waals surface area contributed by atoms with Gasteiger partial charge in [-0.3, -0.25) is 4.90 Å². The molecule has 1 unspecified atom stereocenters. The lowest BCUT2D eigenvalue weighted by Crippen LogP contribution is -2.51. The van der Waals surface area contributed by atoms with E-state index in [4.69, 9.17) is 0 Å². The van der Waals surface area contributed by atoms with E-state index in [0.29, 0.717) is 6.04 Å². The van der Waals surface area contributed by atoms with Crippen LogP contribution in [-0.2, 0) is 6.54 Å². The molecule has 3 aromatic rings. The van der Waals surface area contributed by atoms with E-state index in [1.165, 1.54) is 0 Å². The second kappa shape index (κ2) is 6.66. The monoisotopic (exact) mass is 341 g/mol. The fourth-order valence-electron chi connectivity index (χ4n) is 3.09. The Labute approximate surface area is 144 Å². The number of hydrogen-bond acceptors (Lipinski definition) is 7. The van der Waals surface area contributed by atoms with Gasteiger partial charge in [-0.2, -0.15) is 4.68 Å². The molecule has 1 aliphatic rings. The summed E-state index contributed by atoms with van der Waals surface area (Å²) in [6.45, 7) is 5.92. The van der Waals surface area contributed by atoms with Crippen molar-refractivity contribution >= 4 is 16.5 Å². The molecule has 0 bridgehead atoms. The predicted octanol–water partition coefficient (Wildman–Crippen LogP) is 1.83. The predicted molar refractivity (Wildman–Crippen MR) is 93.4 cm³/mol. The highest BCUT2D eigenvalue weighted by Crippen LogP contribution is 2.23. The van der Waals surface area contributed by atoms with Gasteiger partial charge in [0.25, 0.3) is 0 Å². The molecule has 124 valence electrons. The number of tetrazole rings is 1. The molecule has 0 amide bonds. The normalized spacial score (nSPS) is 18.9. The number of anilines is 1. The van der Waals surface area contributed by atoms with Gasteiger partial charge in [0.2, 0.25) is 0 Å². The zero-order valence-corrected chi connectivity index (χ0v) is 14.3. The summed E-state index contributed by atoms with van der Waals surface area (Å²) in [6, 6.07) is 10.4. The molecule has 1 aliphatic heterocycles. The van der Waals surface area contributed by atoms with E-state index in [1.807, 2.05) is 46.6 Å². The van der Waals surface area contributed by atoms with Crippen molar-refractivity contribution in [3.63, 3.8) is 0 Å². The second-order valence-corrected chi connectivity index (χ2v) is 6.81. The van der Waals surface area contributed by atoms with Crippen molar-refractivity contribution in [1.82, 2.24) is 30.1 Å². The molecule has 4 rings (SSSR count). The van der Waals surface area contributed by atoms with Gasteiger partial charge < -0.3 is 4.90 Å². The molecule has 1 fully saturated rings. The minimum atomic E-state index is 0.422. The van der Waals surface area contributed by atoms with Crippen LogP contribution in [0.3, 0.4) is 0 Å². The highest BCUT2D eigenvalue weighted by atomic mass is 32.1. The van der Waals surface area contributed by atoms with Gasteiger partial charge >= 0.3 is 0 Å². The Hall–Kier alpha value is -2.32. The highest BCUT2D eigenvalue weighted by molar-refractivity contribution is 7.13. The lowest BCUT2D eigenvalue weighted by Gasteiger charge is -2.39. The molecule has 1 atom stereocenters.